The maximum absolute atomic E-state index is 6.20. The van der Waals surface area contributed by atoms with Crippen molar-refractivity contribution in [2.24, 2.45) is 0 Å². The summed E-state index contributed by atoms with van der Waals surface area (Å²) in [6.07, 6.45) is 0. The van der Waals surface area contributed by atoms with Crippen LogP contribution in [0.1, 0.15) is 11.1 Å². The molecule has 1 N–H and O–H groups in total. The standard InChI is InChI=1S/C20H15Cl4NO/c21-15-3-1-2-13(8-15)12-26-20-7-5-16(22)9-14(20)11-25-19-10-17(23)4-6-18(19)24/h1-10,25H,11-12H2. The average Bonchev–Trinajstić information content (AvgIpc) is 2.62. The highest BCUT2D eigenvalue weighted by atomic mass is 35.5. The van der Waals surface area contributed by atoms with Gasteiger partial charge in [0, 0.05) is 27.2 Å². The maximum Gasteiger partial charge on any atom is 0.124 e. The summed E-state index contributed by atoms with van der Waals surface area (Å²) in [5.41, 5.74) is 2.65. The molecular weight excluding hydrogens is 412 g/mol. The van der Waals surface area contributed by atoms with Crippen molar-refractivity contribution < 1.29 is 4.74 Å². The summed E-state index contributed by atoms with van der Waals surface area (Å²) in [5, 5.41) is 5.79. The molecule has 0 fully saturated rings. The quantitative estimate of drug-likeness (QED) is 0.440. The minimum atomic E-state index is 0.410. The van der Waals surface area contributed by atoms with E-state index in [9.17, 15) is 0 Å². The molecule has 0 heterocycles. The molecule has 3 aromatic carbocycles. The normalized spacial score (nSPS) is 10.6. The minimum absolute atomic E-state index is 0.410. The molecule has 0 saturated heterocycles. The lowest BCUT2D eigenvalue weighted by molar-refractivity contribution is 0.303. The summed E-state index contributed by atoms with van der Waals surface area (Å²) in [6, 6.07) is 18.3. The highest BCUT2D eigenvalue weighted by molar-refractivity contribution is 6.35. The van der Waals surface area contributed by atoms with Crippen LogP contribution in [-0.4, -0.2) is 0 Å². The molecule has 0 bridgehead atoms. The summed E-state index contributed by atoms with van der Waals surface area (Å²) in [4.78, 5) is 0. The number of ether oxygens (including phenoxy) is 1. The molecule has 2 nitrogen and oxygen atoms in total. The van der Waals surface area contributed by atoms with Crippen molar-refractivity contribution in [3.8, 4) is 5.75 Å². The molecule has 0 spiro atoms. The van der Waals surface area contributed by atoms with E-state index in [1.54, 1.807) is 24.3 Å². The van der Waals surface area contributed by atoms with Crippen LogP contribution >= 0.6 is 46.4 Å². The van der Waals surface area contributed by atoms with Crippen molar-refractivity contribution in [1.82, 2.24) is 0 Å². The Kier molecular flexibility index (Phi) is 6.55. The number of halogens is 4. The molecule has 6 heteroatoms. The third-order valence-electron chi connectivity index (χ3n) is 3.70. The van der Waals surface area contributed by atoms with Gasteiger partial charge in [0.05, 0.1) is 10.7 Å². The smallest absolute Gasteiger partial charge is 0.124 e. The van der Waals surface area contributed by atoms with Crippen LogP contribution in [0.25, 0.3) is 0 Å². The highest BCUT2D eigenvalue weighted by Gasteiger charge is 2.08. The Balaban J connectivity index is 1.74. The van der Waals surface area contributed by atoms with Gasteiger partial charge in [0.2, 0.25) is 0 Å². The van der Waals surface area contributed by atoms with Gasteiger partial charge in [-0.15, -0.1) is 0 Å². The molecule has 0 aliphatic rings. The van der Waals surface area contributed by atoms with E-state index in [0.717, 1.165) is 22.6 Å². The average molecular weight is 427 g/mol. The van der Waals surface area contributed by atoms with Gasteiger partial charge in [-0.3, -0.25) is 0 Å². The molecule has 0 aliphatic heterocycles. The second-order valence-electron chi connectivity index (χ2n) is 5.65. The Labute approximate surface area is 172 Å². The Morgan fingerprint density at radius 2 is 1.50 bits per heavy atom. The molecule has 134 valence electrons. The zero-order valence-electron chi connectivity index (χ0n) is 13.6. The van der Waals surface area contributed by atoms with Gasteiger partial charge in [-0.25, -0.2) is 0 Å². The van der Waals surface area contributed by atoms with Crippen molar-refractivity contribution in [3.05, 3.63) is 91.9 Å². The Bertz CT molecular complexity index is 914. The lowest BCUT2D eigenvalue weighted by Gasteiger charge is -2.14. The monoisotopic (exact) mass is 425 g/mol. The first-order valence-electron chi connectivity index (χ1n) is 7.86. The van der Waals surface area contributed by atoms with E-state index in [-0.39, 0.29) is 0 Å². The van der Waals surface area contributed by atoms with Gasteiger partial charge in [0.15, 0.2) is 0 Å². The van der Waals surface area contributed by atoms with Gasteiger partial charge in [-0.1, -0.05) is 58.5 Å². The van der Waals surface area contributed by atoms with E-state index in [1.165, 1.54) is 0 Å². The SMILES string of the molecule is Clc1cccc(COc2ccc(Cl)cc2CNc2cc(Cl)ccc2Cl)c1. The van der Waals surface area contributed by atoms with Crippen LogP contribution in [0.2, 0.25) is 20.1 Å². The van der Waals surface area contributed by atoms with Gasteiger partial charge >= 0.3 is 0 Å². The third-order valence-corrected chi connectivity index (χ3v) is 4.74. The van der Waals surface area contributed by atoms with Crippen LogP contribution in [0.15, 0.2) is 60.7 Å². The van der Waals surface area contributed by atoms with Crippen molar-refractivity contribution in [1.29, 1.82) is 0 Å². The van der Waals surface area contributed by atoms with E-state index in [2.05, 4.69) is 5.32 Å². The van der Waals surface area contributed by atoms with Crippen LogP contribution in [0, 0.1) is 0 Å². The van der Waals surface area contributed by atoms with Crippen molar-refractivity contribution in [3.63, 3.8) is 0 Å². The Hall–Kier alpha value is -1.58. The van der Waals surface area contributed by atoms with Crippen molar-refractivity contribution >= 4 is 52.1 Å². The topological polar surface area (TPSA) is 21.3 Å². The number of rotatable bonds is 6. The maximum atomic E-state index is 6.20. The van der Waals surface area contributed by atoms with Gasteiger partial charge in [0.25, 0.3) is 0 Å². The van der Waals surface area contributed by atoms with E-state index in [0.29, 0.717) is 33.2 Å². The summed E-state index contributed by atoms with van der Waals surface area (Å²) in [7, 11) is 0. The lowest BCUT2D eigenvalue weighted by atomic mass is 10.2. The zero-order chi connectivity index (χ0) is 18.5. The number of anilines is 1. The Morgan fingerprint density at radius 1 is 0.769 bits per heavy atom. The molecule has 0 saturated carbocycles. The molecule has 0 radical (unpaired) electrons. The van der Waals surface area contributed by atoms with Crippen LogP contribution in [0.5, 0.6) is 5.75 Å². The molecule has 3 aromatic rings. The minimum Gasteiger partial charge on any atom is -0.489 e. The number of hydrogen-bond donors (Lipinski definition) is 1. The zero-order valence-corrected chi connectivity index (χ0v) is 16.6. The predicted octanol–water partition coefficient (Wildman–Crippen LogP) is 7.49. The van der Waals surface area contributed by atoms with Gasteiger partial charge in [-0.05, 0) is 54.1 Å². The fraction of sp³-hybridized carbons (Fsp3) is 0.100. The summed E-state index contributed by atoms with van der Waals surface area (Å²) in [6.45, 7) is 0.901. The molecule has 3 rings (SSSR count). The third kappa shape index (κ3) is 5.21. The first-order valence-corrected chi connectivity index (χ1v) is 9.37. The van der Waals surface area contributed by atoms with Crippen molar-refractivity contribution in [2.45, 2.75) is 13.2 Å². The molecule has 0 aliphatic carbocycles. The molecule has 0 unspecified atom stereocenters. The van der Waals surface area contributed by atoms with Crippen LogP contribution in [0.4, 0.5) is 5.69 Å². The van der Waals surface area contributed by atoms with Crippen LogP contribution in [0.3, 0.4) is 0 Å². The van der Waals surface area contributed by atoms with Gasteiger partial charge in [0.1, 0.15) is 12.4 Å². The predicted molar refractivity (Wildman–Crippen MR) is 111 cm³/mol. The van der Waals surface area contributed by atoms with E-state index < -0.39 is 0 Å². The summed E-state index contributed by atoms with van der Waals surface area (Å²) < 4.78 is 5.96. The molecule has 26 heavy (non-hydrogen) atoms. The fourth-order valence-electron chi connectivity index (χ4n) is 2.44. The van der Waals surface area contributed by atoms with E-state index in [4.69, 9.17) is 51.1 Å². The van der Waals surface area contributed by atoms with E-state index in [1.807, 2.05) is 36.4 Å². The summed E-state index contributed by atoms with van der Waals surface area (Å²) >= 11 is 24.4. The second-order valence-corrected chi connectivity index (χ2v) is 7.36. The first kappa shape index (κ1) is 19.2. The molecular formula is C20H15Cl4NO. The van der Waals surface area contributed by atoms with Crippen LogP contribution in [-0.2, 0) is 13.2 Å². The Morgan fingerprint density at radius 3 is 2.31 bits per heavy atom. The molecule has 0 atom stereocenters. The van der Waals surface area contributed by atoms with Gasteiger partial charge in [-0.2, -0.15) is 0 Å². The highest BCUT2D eigenvalue weighted by Crippen LogP contribution is 2.29. The van der Waals surface area contributed by atoms with E-state index >= 15 is 0 Å². The lowest BCUT2D eigenvalue weighted by Crippen LogP contribution is -2.04. The number of benzene rings is 3. The second kappa shape index (κ2) is 8.88. The van der Waals surface area contributed by atoms with Crippen LogP contribution < -0.4 is 10.1 Å². The summed E-state index contributed by atoms with van der Waals surface area (Å²) in [5.74, 6) is 0.736. The largest absolute Gasteiger partial charge is 0.489 e. The fourth-order valence-corrected chi connectivity index (χ4v) is 3.20. The number of hydrogen-bond acceptors (Lipinski definition) is 2. The first-order chi connectivity index (χ1) is 12.5. The van der Waals surface area contributed by atoms with Crippen molar-refractivity contribution in [2.75, 3.05) is 5.32 Å². The molecule has 0 amide bonds. The number of nitrogens with one attached hydrogen (secondary N) is 1. The van der Waals surface area contributed by atoms with Gasteiger partial charge < -0.3 is 10.1 Å². The molecule has 0 aromatic heterocycles.